The Bertz CT molecular complexity index is 399. The first-order chi connectivity index (χ1) is 8.69. The Morgan fingerprint density at radius 2 is 2.22 bits per heavy atom. The molecular weight excluding hydrogens is 300 g/mol. The molecule has 0 aliphatic carbocycles. The fraction of sp³-hybridized carbons (Fsp3) is 0.417. The smallest absolute Gasteiger partial charge is 0.255 e. The van der Waals surface area contributed by atoms with Gasteiger partial charge in [0.1, 0.15) is 12.4 Å². The molecule has 0 atom stereocenters. The molecule has 0 aromatic heterocycles. The average Bonchev–Trinajstić information content (AvgIpc) is 2.38. The lowest BCUT2D eigenvalue weighted by Crippen LogP contribution is -2.29. The molecule has 1 aromatic carbocycles. The fourth-order valence-electron chi connectivity index (χ4n) is 1.32. The van der Waals surface area contributed by atoms with Crippen LogP contribution in [0.25, 0.3) is 0 Å². The maximum Gasteiger partial charge on any atom is 0.255 e. The van der Waals surface area contributed by atoms with Gasteiger partial charge in [0, 0.05) is 24.7 Å². The SMILES string of the molecule is COCCOc1ccc(Br)cc1C(=O)NCCN. The highest BCUT2D eigenvalue weighted by Gasteiger charge is 2.12. The largest absolute Gasteiger partial charge is 0.490 e. The van der Waals surface area contributed by atoms with Crippen LogP contribution in [-0.4, -0.2) is 39.3 Å². The van der Waals surface area contributed by atoms with Crippen molar-refractivity contribution in [2.45, 2.75) is 0 Å². The molecule has 0 unspecified atom stereocenters. The summed E-state index contributed by atoms with van der Waals surface area (Å²) < 4.78 is 11.2. The van der Waals surface area contributed by atoms with Crippen LogP contribution in [0.4, 0.5) is 0 Å². The Balaban J connectivity index is 2.78. The number of rotatable bonds is 7. The van der Waals surface area contributed by atoms with Gasteiger partial charge in [-0.05, 0) is 18.2 Å². The zero-order valence-electron chi connectivity index (χ0n) is 10.2. The van der Waals surface area contributed by atoms with Crippen molar-refractivity contribution in [2.75, 3.05) is 33.4 Å². The summed E-state index contributed by atoms with van der Waals surface area (Å²) in [5.74, 6) is 0.332. The fourth-order valence-corrected chi connectivity index (χ4v) is 1.68. The molecule has 0 saturated heterocycles. The second-order valence-corrected chi connectivity index (χ2v) is 4.44. The summed E-state index contributed by atoms with van der Waals surface area (Å²) in [6.45, 7) is 1.71. The van der Waals surface area contributed by atoms with E-state index < -0.39 is 0 Å². The second-order valence-electron chi connectivity index (χ2n) is 3.53. The van der Waals surface area contributed by atoms with E-state index >= 15 is 0 Å². The highest BCUT2D eigenvalue weighted by atomic mass is 79.9. The molecule has 0 radical (unpaired) electrons. The summed E-state index contributed by atoms with van der Waals surface area (Å²) in [5, 5.41) is 2.71. The van der Waals surface area contributed by atoms with Crippen LogP contribution in [0, 0.1) is 0 Å². The third-order valence-corrected chi connectivity index (χ3v) is 2.65. The summed E-state index contributed by atoms with van der Waals surface area (Å²) >= 11 is 3.33. The minimum Gasteiger partial charge on any atom is -0.490 e. The van der Waals surface area contributed by atoms with E-state index in [0.717, 1.165) is 4.47 Å². The van der Waals surface area contributed by atoms with Crippen molar-refractivity contribution in [1.29, 1.82) is 0 Å². The molecule has 6 heteroatoms. The number of methoxy groups -OCH3 is 1. The molecule has 0 saturated carbocycles. The maximum atomic E-state index is 11.9. The number of hydrogen-bond donors (Lipinski definition) is 2. The number of halogens is 1. The monoisotopic (exact) mass is 316 g/mol. The Morgan fingerprint density at radius 1 is 1.44 bits per heavy atom. The van der Waals surface area contributed by atoms with Crippen LogP contribution in [0.15, 0.2) is 22.7 Å². The number of carbonyl (C=O) groups is 1. The zero-order valence-corrected chi connectivity index (χ0v) is 11.8. The molecule has 1 amide bonds. The summed E-state index contributed by atoms with van der Waals surface area (Å²) in [5.41, 5.74) is 5.83. The van der Waals surface area contributed by atoms with Gasteiger partial charge in [-0.2, -0.15) is 0 Å². The van der Waals surface area contributed by atoms with E-state index in [0.29, 0.717) is 37.6 Å². The number of carbonyl (C=O) groups excluding carboxylic acids is 1. The van der Waals surface area contributed by atoms with Crippen LogP contribution in [0.1, 0.15) is 10.4 Å². The first-order valence-corrected chi connectivity index (χ1v) is 6.38. The maximum absolute atomic E-state index is 11.9. The lowest BCUT2D eigenvalue weighted by Gasteiger charge is -2.11. The highest BCUT2D eigenvalue weighted by molar-refractivity contribution is 9.10. The van der Waals surface area contributed by atoms with Crippen molar-refractivity contribution in [3.8, 4) is 5.75 Å². The standard InChI is InChI=1S/C12H17BrN2O3/c1-17-6-7-18-11-3-2-9(13)8-10(11)12(16)15-5-4-14/h2-3,8H,4-7,14H2,1H3,(H,15,16). The van der Waals surface area contributed by atoms with Gasteiger partial charge in [-0.1, -0.05) is 15.9 Å². The number of amides is 1. The Labute approximate surface area is 115 Å². The number of nitrogens with two attached hydrogens (primary N) is 1. The summed E-state index contributed by atoms with van der Waals surface area (Å²) in [6.07, 6.45) is 0. The van der Waals surface area contributed by atoms with Crippen molar-refractivity contribution in [2.24, 2.45) is 5.73 Å². The summed E-state index contributed by atoms with van der Waals surface area (Å²) in [7, 11) is 1.60. The predicted molar refractivity (Wildman–Crippen MR) is 72.9 cm³/mol. The van der Waals surface area contributed by atoms with E-state index in [2.05, 4.69) is 21.2 Å². The molecular formula is C12H17BrN2O3. The molecule has 5 nitrogen and oxygen atoms in total. The Kier molecular flexibility index (Phi) is 6.70. The predicted octanol–water partition coefficient (Wildman–Crippen LogP) is 1.16. The molecule has 1 aromatic rings. The van der Waals surface area contributed by atoms with Gasteiger partial charge in [-0.25, -0.2) is 0 Å². The van der Waals surface area contributed by atoms with Crippen LogP contribution >= 0.6 is 15.9 Å². The average molecular weight is 317 g/mol. The number of nitrogens with one attached hydrogen (secondary N) is 1. The van der Waals surface area contributed by atoms with Crippen molar-refractivity contribution < 1.29 is 14.3 Å². The van der Waals surface area contributed by atoms with E-state index in [1.165, 1.54) is 0 Å². The number of ether oxygens (including phenoxy) is 2. The first kappa shape index (κ1) is 14.9. The molecule has 0 heterocycles. The van der Waals surface area contributed by atoms with Crippen LogP contribution < -0.4 is 15.8 Å². The van der Waals surface area contributed by atoms with Gasteiger partial charge < -0.3 is 20.5 Å². The van der Waals surface area contributed by atoms with Crippen molar-refractivity contribution in [1.82, 2.24) is 5.32 Å². The topological polar surface area (TPSA) is 73.6 Å². The zero-order chi connectivity index (χ0) is 13.4. The molecule has 0 spiro atoms. The normalized spacial score (nSPS) is 10.2. The van der Waals surface area contributed by atoms with Crippen molar-refractivity contribution in [3.63, 3.8) is 0 Å². The molecule has 18 heavy (non-hydrogen) atoms. The van der Waals surface area contributed by atoms with Crippen LogP contribution in [0.5, 0.6) is 5.75 Å². The van der Waals surface area contributed by atoms with E-state index in [-0.39, 0.29) is 5.91 Å². The minimum atomic E-state index is -0.200. The number of benzene rings is 1. The van der Waals surface area contributed by atoms with E-state index in [1.54, 1.807) is 19.2 Å². The third-order valence-electron chi connectivity index (χ3n) is 2.16. The van der Waals surface area contributed by atoms with E-state index in [9.17, 15) is 4.79 Å². The van der Waals surface area contributed by atoms with Crippen LogP contribution in [0.3, 0.4) is 0 Å². The summed E-state index contributed by atoms with van der Waals surface area (Å²) in [4.78, 5) is 11.9. The Morgan fingerprint density at radius 3 is 2.89 bits per heavy atom. The third kappa shape index (κ3) is 4.64. The lowest BCUT2D eigenvalue weighted by atomic mass is 10.2. The van der Waals surface area contributed by atoms with Gasteiger partial charge in [-0.3, -0.25) is 4.79 Å². The quantitative estimate of drug-likeness (QED) is 0.740. The second kappa shape index (κ2) is 8.07. The summed E-state index contributed by atoms with van der Waals surface area (Å²) in [6, 6.07) is 5.28. The molecule has 0 fully saturated rings. The molecule has 3 N–H and O–H groups in total. The van der Waals surface area contributed by atoms with Gasteiger partial charge in [0.25, 0.3) is 5.91 Å². The van der Waals surface area contributed by atoms with Crippen molar-refractivity contribution >= 4 is 21.8 Å². The van der Waals surface area contributed by atoms with Gasteiger partial charge in [0.15, 0.2) is 0 Å². The van der Waals surface area contributed by atoms with Gasteiger partial charge >= 0.3 is 0 Å². The van der Waals surface area contributed by atoms with Crippen LogP contribution in [-0.2, 0) is 4.74 Å². The molecule has 0 aliphatic heterocycles. The number of hydrogen-bond acceptors (Lipinski definition) is 4. The van der Waals surface area contributed by atoms with Crippen molar-refractivity contribution in [3.05, 3.63) is 28.2 Å². The molecule has 100 valence electrons. The van der Waals surface area contributed by atoms with Crippen LogP contribution in [0.2, 0.25) is 0 Å². The Hall–Kier alpha value is -1.11. The van der Waals surface area contributed by atoms with Gasteiger partial charge in [0.05, 0.1) is 12.2 Å². The highest BCUT2D eigenvalue weighted by Crippen LogP contribution is 2.23. The molecule has 0 aliphatic rings. The molecule has 0 bridgehead atoms. The minimum absolute atomic E-state index is 0.200. The lowest BCUT2D eigenvalue weighted by molar-refractivity contribution is 0.0947. The van der Waals surface area contributed by atoms with Gasteiger partial charge in [-0.15, -0.1) is 0 Å². The van der Waals surface area contributed by atoms with Gasteiger partial charge in [0.2, 0.25) is 0 Å². The molecule has 1 rings (SSSR count). The van der Waals surface area contributed by atoms with E-state index in [4.69, 9.17) is 15.2 Å². The first-order valence-electron chi connectivity index (χ1n) is 5.58. The van der Waals surface area contributed by atoms with E-state index in [1.807, 2.05) is 6.07 Å².